The van der Waals surface area contributed by atoms with E-state index in [4.69, 9.17) is 23.3 Å². The number of hydrogen-bond acceptors (Lipinski definition) is 16. The third kappa shape index (κ3) is 5.03. The molecule has 5 heterocycles. The number of nitrogen functional groups attached to an aromatic ring is 2. The van der Waals surface area contributed by atoms with Crippen LogP contribution < -0.4 is 17.2 Å². The summed E-state index contributed by atoms with van der Waals surface area (Å²) < 4.78 is 2.29. The fourth-order valence-corrected chi connectivity index (χ4v) is 4.79. The van der Waals surface area contributed by atoms with E-state index in [1.165, 1.54) is 4.68 Å². The topological polar surface area (TPSA) is 250 Å². The normalized spacial score (nSPS) is 11.5. The highest BCUT2D eigenvalue weighted by Gasteiger charge is 2.20. The Kier molecular flexibility index (Phi) is 6.84. The molecular weight excluding hydrogens is 570 g/mol. The quantitative estimate of drug-likeness (QED) is 0.189. The number of nitrogens with two attached hydrogens (primary N) is 2. The Morgan fingerprint density at radius 1 is 0.854 bits per heavy atom. The average molecular weight is 588 g/mol. The van der Waals surface area contributed by atoms with Crippen LogP contribution in [0.25, 0.3) is 16.7 Å². The van der Waals surface area contributed by atoms with Crippen LogP contribution in [0.15, 0.2) is 25.3 Å². The van der Waals surface area contributed by atoms with E-state index in [0.717, 1.165) is 27.4 Å². The van der Waals surface area contributed by atoms with Gasteiger partial charge in [-0.1, -0.05) is 11.3 Å². The molecule has 18 nitrogen and oxygen atoms in total. The van der Waals surface area contributed by atoms with Crippen molar-refractivity contribution < 1.29 is 0 Å². The average Bonchev–Trinajstić information content (AvgIpc) is 3.65. The number of aromatic nitrogens is 9. The molecule has 20 heteroatoms. The second-order valence-electron chi connectivity index (χ2n) is 8.16. The van der Waals surface area contributed by atoms with Crippen molar-refractivity contribution in [2.45, 2.75) is 27.7 Å². The highest BCUT2D eigenvalue weighted by atomic mass is 32.1. The van der Waals surface area contributed by atoms with Crippen molar-refractivity contribution in [3.05, 3.63) is 49.6 Å². The lowest BCUT2D eigenvalue weighted by molar-refractivity contribution is 0.732. The summed E-state index contributed by atoms with van der Waals surface area (Å²) in [4.78, 5) is 35.4. The predicted octanol–water partition coefficient (Wildman–Crippen LogP) is 4.10. The molecule has 0 aliphatic heterocycles. The number of hydrogen-bond donors (Lipinski definition) is 3. The molecular formula is C21H17N17OS2. The van der Waals surface area contributed by atoms with Crippen molar-refractivity contribution in [2.24, 2.45) is 20.5 Å². The molecule has 5 N–H and O–H groups in total. The number of thiazole rings is 2. The van der Waals surface area contributed by atoms with E-state index < -0.39 is 5.69 Å². The van der Waals surface area contributed by atoms with Gasteiger partial charge in [-0.3, -0.25) is 4.98 Å². The molecule has 0 bridgehead atoms. The Morgan fingerprint density at radius 3 is 2.02 bits per heavy atom. The summed E-state index contributed by atoms with van der Waals surface area (Å²) in [5.41, 5.74) is 14.0. The van der Waals surface area contributed by atoms with Gasteiger partial charge in [-0.15, -0.1) is 31.8 Å². The molecule has 0 saturated heterocycles. The zero-order valence-electron chi connectivity index (χ0n) is 21.6. The van der Waals surface area contributed by atoms with E-state index in [-0.39, 0.29) is 45.2 Å². The van der Waals surface area contributed by atoms with Gasteiger partial charge in [0, 0.05) is 0 Å². The molecule has 0 aliphatic carbocycles. The van der Waals surface area contributed by atoms with Crippen LogP contribution in [0.5, 0.6) is 0 Å². The first-order valence-corrected chi connectivity index (χ1v) is 13.0. The fraction of sp³-hybridized carbons (Fsp3) is 0.190. The minimum absolute atomic E-state index is 0.00761. The maximum atomic E-state index is 12.5. The number of anilines is 2. The molecule has 5 aromatic rings. The monoisotopic (exact) mass is 587 g/mol. The van der Waals surface area contributed by atoms with E-state index in [0.29, 0.717) is 32.7 Å². The van der Waals surface area contributed by atoms with Gasteiger partial charge in [0.1, 0.15) is 10.9 Å². The van der Waals surface area contributed by atoms with Crippen LogP contribution in [0, 0.1) is 45.6 Å². The maximum absolute atomic E-state index is 12.5. The first-order valence-electron chi connectivity index (χ1n) is 11.3. The highest BCUT2D eigenvalue weighted by molar-refractivity contribution is 7.19. The van der Waals surface area contributed by atoms with Crippen LogP contribution in [0.2, 0.25) is 0 Å². The van der Waals surface area contributed by atoms with Gasteiger partial charge in [0.05, 0.1) is 29.3 Å². The molecule has 204 valence electrons. The summed E-state index contributed by atoms with van der Waals surface area (Å²) in [6.07, 6.45) is 0. The largest absolute Gasteiger partial charge is 0.382 e. The predicted molar refractivity (Wildman–Crippen MR) is 148 cm³/mol. The molecule has 0 saturated carbocycles. The lowest BCUT2D eigenvalue weighted by Gasteiger charge is -2.05. The van der Waals surface area contributed by atoms with Gasteiger partial charge in [0.25, 0.3) is 10.9 Å². The minimum Gasteiger partial charge on any atom is -0.382 e. The number of nitriles is 1. The number of nitrogens with zero attached hydrogens (tertiary/aromatic N) is 14. The number of aromatic amines is 1. The first-order chi connectivity index (χ1) is 19.6. The van der Waals surface area contributed by atoms with Crippen LogP contribution in [0.1, 0.15) is 27.7 Å². The zero-order chi connectivity index (χ0) is 29.4. The second-order valence-corrected chi connectivity index (χ2v) is 10.1. The molecule has 0 fully saturated rings. The molecule has 5 rings (SSSR count). The first kappa shape index (κ1) is 26.9. The molecule has 0 radical (unpaired) electrons. The van der Waals surface area contributed by atoms with Crippen LogP contribution in [-0.4, -0.2) is 44.5 Å². The Hall–Kier alpha value is -5.73. The molecule has 41 heavy (non-hydrogen) atoms. The van der Waals surface area contributed by atoms with Crippen molar-refractivity contribution in [1.82, 2.24) is 44.5 Å². The summed E-state index contributed by atoms with van der Waals surface area (Å²) in [6, 6.07) is 2.04. The molecule has 0 aliphatic rings. The van der Waals surface area contributed by atoms with E-state index >= 15 is 0 Å². The van der Waals surface area contributed by atoms with Crippen molar-refractivity contribution in [2.75, 3.05) is 11.5 Å². The van der Waals surface area contributed by atoms with Gasteiger partial charge in [0.15, 0.2) is 23.0 Å². The molecule has 0 spiro atoms. The van der Waals surface area contributed by atoms with E-state index in [1.807, 2.05) is 6.07 Å². The lowest BCUT2D eigenvalue weighted by atomic mass is 10.4. The van der Waals surface area contributed by atoms with E-state index in [9.17, 15) is 4.79 Å². The van der Waals surface area contributed by atoms with Gasteiger partial charge in [-0.05, 0) is 27.7 Å². The number of rotatable bonds is 6. The Labute approximate surface area is 237 Å². The molecule has 0 amide bonds. The number of azo groups is 2. The van der Waals surface area contributed by atoms with Crippen molar-refractivity contribution in [3.8, 4) is 18.0 Å². The highest BCUT2D eigenvalue weighted by Crippen LogP contribution is 2.35. The van der Waals surface area contributed by atoms with Gasteiger partial charge in [-0.25, -0.2) is 19.6 Å². The summed E-state index contributed by atoms with van der Waals surface area (Å²) in [5, 5.41) is 35.1. The van der Waals surface area contributed by atoms with Gasteiger partial charge < -0.3 is 11.5 Å². The molecule has 0 unspecified atom stereocenters. The maximum Gasteiger partial charge on any atom is 0.351 e. The lowest BCUT2D eigenvalue weighted by Crippen LogP contribution is -2.22. The molecule has 0 aromatic carbocycles. The fourth-order valence-electron chi connectivity index (χ4n) is 3.43. The number of aryl methyl sites for hydroxylation is 4. The van der Waals surface area contributed by atoms with Crippen molar-refractivity contribution in [1.29, 1.82) is 5.26 Å². The Bertz CT molecular complexity index is 1880. The standard InChI is InChI=1S/C21H17N17OS2/c1-7-11(6-22)40-20(26-7)33-31-12-8(2)35-37(14(12)23)17-28-18(30-19(39)29-17)38-15(24)13(9(3)36-38)32-34-21-27-10(4)16(25-5)41-21/h23-24H2,1-4H3,(H,28,29,30,39). The number of nitrogens with one attached hydrogen (secondary N) is 1. The third-order valence-electron chi connectivity index (χ3n) is 5.36. The van der Waals surface area contributed by atoms with E-state index in [1.54, 1.807) is 27.7 Å². The van der Waals surface area contributed by atoms with Crippen molar-refractivity contribution >= 4 is 60.9 Å². The Balaban J connectivity index is 1.49. The number of H-pyrrole nitrogens is 1. The van der Waals surface area contributed by atoms with Crippen molar-refractivity contribution in [3.63, 3.8) is 0 Å². The Morgan fingerprint density at radius 2 is 1.44 bits per heavy atom. The van der Waals surface area contributed by atoms with Crippen LogP contribution >= 0.6 is 22.7 Å². The smallest absolute Gasteiger partial charge is 0.351 e. The second kappa shape index (κ2) is 10.4. The van der Waals surface area contributed by atoms with Gasteiger partial charge >= 0.3 is 5.69 Å². The zero-order valence-corrected chi connectivity index (χ0v) is 23.3. The van der Waals surface area contributed by atoms with Gasteiger partial charge in [-0.2, -0.15) is 34.8 Å². The SMILES string of the molecule is [C-]#[N+]c1sc(N=Nc2c(C)nn(-c3nc(-n4nc(C)c(N=Nc5nc(C)c(C#N)s5)c4N)nc(=O)[nH]3)c2N)nc1C. The summed E-state index contributed by atoms with van der Waals surface area (Å²) >= 11 is 2.17. The van der Waals surface area contributed by atoms with Gasteiger partial charge in [0.2, 0.25) is 16.2 Å². The van der Waals surface area contributed by atoms with Crippen LogP contribution in [-0.2, 0) is 0 Å². The summed E-state index contributed by atoms with van der Waals surface area (Å²) in [7, 11) is 0. The molecule has 5 aromatic heterocycles. The summed E-state index contributed by atoms with van der Waals surface area (Å²) in [6.45, 7) is 13.9. The summed E-state index contributed by atoms with van der Waals surface area (Å²) in [5.74, 6) is -0.225. The minimum atomic E-state index is -0.774. The molecule has 0 atom stereocenters. The van der Waals surface area contributed by atoms with Crippen LogP contribution in [0.4, 0.5) is 38.3 Å². The third-order valence-corrected chi connectivity index (χ3v) is 7.25. The van der Waals surface area contributed by atoms with Crippen LogP contribution in [0.3, 0.4) is 0 Å². The van der Waals surface area contributed by atoms with E-state index in [2.05, 4.69) is 60.4 Å².